The van der Waals surface area contributed by atoms with Crippen LogP contribution in [0.3, 0.4) is 0 Å². The van der Waals surface area contributed by atoms with Crippen molar-refractivity contribution < 1.29 is 24.4 Å². The van der Waals surface area contributed by atoms with Gasteiger partial charge >= 0.3 is 0 Å². The predicted molar refractivity (Wildman–Crippen MR) is 97.6 cm³/mol. The maximum Gasteiger partial charge on any atom is 0.269 e. The van der Waals surface area contributed by atoms with Gasteiger partial charge in [-0.3, -0.25) is 19.7 Å². The van der Waals surface area contributed by atoms with E-state index in [1.165, 1.54) is 30.3 Å². The summed E-state index contributed by atoms with van der Waals surface area (Å²) in [5, 5.41) is 26.1. The maximum absolute atomic E-state index is 12.4. The molecule has 9 heteroatoms. The van der Waals surface area contributed by atoms with Gasteiger partial charge in [0.05, 0.1) is 4.92 Å². The molecule has 0 heterocycles. The Bertz CT molecular complexity index is 907. The van der Waals surface area contributed by atoms with E-state index in [0.717, 1.165) is 0 Å². The van der Waals surface area contributed by atoms with Crippen molar-refractivity contribution in [1.29, 1.82) is 0 Å². The van der Waals surface area contributed by atoms with Gasteiger partial charge in [-0.2, -0.15) is 0 Å². The first-order valence-corrected chi connectivity index (χ1v) is 8.17. The minimum absolute atomic E-state index is 0.120. The van der Waals surface area contributed by atoms with E-state index in [-0.39, 0.29) is 24.4 Å². The molecule has 0 spiro atoms. The average Bonchev–Trinajstić information content (AvgIpc) is 2.68. The molecule has 0 aliphatic rings. The number of nitrogens with one attached hydrogen (secondary N) is 2. The molecular weight excluding hydrogens is 366 g/mol. The molecule has 0 saturated carbocycles. The van der Waals surface area contributed by atoms with Crippen LogP contribution in [-0.4, -0.2) is 29.3 Å². The van der Waals surface area contributed by atoms with E-state index in [9.17, 15) is 29.6 Å². The highest BCUT2D eigenvalue weighted by Gasteiger charge is 2.14. The van der Waals surface area contributed by atoms with E-state index >= 15 is 0 Å². The number of carbonyl (C=O) groups is 3. The van der Waals surface area contributed by atoms with Crippen molar-refractivity contribution in [2.24, 2.45) is 0 Å². The number of non-ortho nitro benzene ring substituents is 1. The molecule has 0 aliphatic heterocycles. The summed E-state index contributed by atoms with van der Waals surface area (Å²) in [6.45, 7) is -0.181. The summed E-state index contributed by atoms with van der Waals surface area (Å²) in [6.07, 6.45) is 0.947. The van der Waals surface area contributed by atoms with Crippen LogP contribution >= 0.6 is 0 Å². The van der Waals surface area contributed by atoms with Crippen LogP contribution in [0.25, 0.3) is 6.08 Å². The molecule has 0 aromatic heterocycles. The van der Waals surface area contributed by atoms with Gasteiger partial charge in [0.15, 0.2) is 0 Å². The first-order chi connectivity index (χ1) is 13.4. The molecule has 2 aromatic carbocycles. The van der Waals surface area contributed by atoms with Gasteiger partial charge in [-0.15, -0.1) is 0 Å². The largest absolute Gasteiger partial charge is 0.550 e. The zero-order valence-corrected chi connectivity index (χ0v) is 14.6. The molecule has 2 N–H and O–H groups in total. The number of hydrogen-bond acceptors (Lipinski definition) is 6. The fourth-order valence-corrected chi connectivity index (χ4v) is 2.17. The highest BCUT2D eigenvalue weighted by atomic mass is 16.6. The third kappa shape index (κ3) is 6.06. The fraction of sp³-hybridized carbons (Fsp3) is 0.105. The Labute approximate surface area is 159 Å². The summed E-state index contributed by atoms with van der Waals surface area (Å²) in [7, 11) is 0. The number of carboxylic acid groups (broad SMARTS) is 1. The Morgan fingerprint density at radius 3 is 2.21 bits per heavy atom. The van der Waals surface area contributed by atoms with Crippen molar-refractivity contribution in [2.45, 2.75) is 6.42 Å². The summed E-state index contributed by atoms with van der Waals surface area (Å²) in [5.41, 5.74) is 0.495. The molecule has 28 heavy (non-hydrogen) atoms. The number of nitrogens with zero attached hydrogens (tertiary/aromatic N) is 1. The maximum atomic E-state index is 12.4. The van der Waals surface area contributed by atoms with Crippen LogP contribution in [0, 0.1) is 10.1 Å². The topological polar surface area (TPSA) is 141 Å². The summed E-state index contributed by atoms with van der Waals surface area (Å²) in [6, 6.07) is 13.5. The van der Waals surface area contributed by atoms with Gasteiger partial charge in [0.25, 0.3) is 17.5 Å². The molecule has 0 atom stereocenters. The average molecular weight is 382 g/mol. The van der Waals surface area contributed by atoms with E-state index in [1.807, 2.05) is 0 Å². The Kier molecular flexibility index (Phi) is 6.98. The zero-order chi connectivity index (χ0) is 20.5. The molecular formula is C19H16N3O6-. The van der Waals surface area contributed by atoms with Gasteiger partial charge in [-0.1, -0.05) is 18.2 Å². The molecule has 2 rings (SSSR count). The summed E-state index contributed by atoms with van der Waals surface area (Å²) < 4.78 is 0. The van der Waals surface area contributed by atoms with E-state index in [1.54, 1.807) is 30.3 Å². The Morgan fingerprint density at radius 1 is 1.00 bits per heavy atom. The first kappa shape index (κ1) is 20.3. The summed E-state index contributed by atoms with van der Waals surface area (Å²) >= 11 is 0. The molecule has 0 aliphatic carbocycles. The Hall–Kier alpha value is -4.01. The quantitative estimate of drug-likeness (QED) is 0.389. The summed E-state index contributed by atoms with van der Waals surface area (Å²) in [4.78, 5) is 45.4. The standard InChI is InChI=1S/C19H17N3O6/c23-17(24)10-11-20-19(26)16(21-18(25)14-4-2-1-3-5-14)12-13-6-8-15(9-7-13)22(27)28/h1-9,12H,10-11H2,(H,20,26)(H,21,25)(H,23,24)/p-1/b16-12-. The molecule has 9 nitrogen and oxygen atoms in total. The smallest absolute Gasteiger partial charge is 0.269 e. The van der Waals surface area contributed by atoms with Gasteiger partial charge < -0.3 is 20.5 Å². The number of nitro benzene ring substituents is 1. The van der Waals surface area contributed by atoms with Gasteiger partial charge in [-0.05, 0) is 35.9 Å². The van der Waals surface area contributed by atoms with Crippen molar-refractivity contribution in [1.82, 2.24) is 10.6 Å². The van der Waals surface area contributed by atoms with Crippen molar-refractivity contribution in [3.8, 4) is 0 Å². The number of carboxylic acids is 1. The minimum Gasteiger partial charge on any atom is -0.550 e. The van der Waals surface area contributed by atoms with Gasteiger partial charge in [-0.25, -0.2) is 0 Å². The van der Waals surface area contributed by atoms with Crippen molar-refractivity contribution in [3.63, 3.8) is 0 Å². The van der Waals surface area contributed by atoms with Gasteiger partial charge in [0, 0.05) is 36.6 Å². The lowest BCUT2D eigenvalue weighted by Gasteiger charge is -2.11. The first-order valence-electron chi connectivity index (χ1n) is 8.17. The van der Waals surface area contributed by atoms with Crippen LogP contribution < -0.4 is 15.7 Å². The van der Waals surface area contributed by atoms with E-state index in [2.05, 4.69) is 10.6 Å². The lowest BCUT2D eigenvalue weighted by molar-refractivity contribution is -0.384. The van der Waals surface area contributed by atoms with Crippen LogP contribution in [0.15, 0.2) is 60.3 Å². The zero-order valence-electron chi connectivity index (χ0n) is 14.6. The number of rotatable bonds is 8. The van der Waals surface area contributed by atoms with Crippen LogP contribution in [-0.2, 0) is 9.59 Å². The number of amides is 2. The van der Waals surface area contributed by atoms with E-state index < -0.39 is 22.7 Å². The second kappa shape index (κ2) is 9.62. The fourth-order valence-electron chi connectivity index (χ4n) is 2.17. The lowest BCUT2D eigenvalue weighted by atomic mass is 10.1. The molecule has 144 valence electrons. The second-order valence-electron chi connectivity index (χ2n) is 5.60. The van der Waals surface area contributed by atoms with Gasteiger partial charge in [0.2, 0.25) is 0 Å². The monoisotopic (exact) mass is 382 g/mol. The normalized spacial score (nSPS) is 10.8. The molecule has 2 aromatic rings. The predicted octanol–water partition coefficient (Wildman–Crippen LogP) is 0.622. The number of benzene rings is 2. The van der Waals surface area contributed by atoms with E-state index in [4.69, 9.17) is 0 Å². The highest BCUT2D eigenvalue weighted by Crippen LogP contribution is 2.14. The Balaban J connectivity index is 2.23. The van der Waals surface area contributed by atoms with Crippen molar-refractivity contribution in [2.75, 3.05) is 6.54 Å². The highest BCUT2D eigenvalue weighted by molar-refractivity contribution is 6.05. The number of nitro groups is 1. The summed E-state index contributed by atoms with van der Waals surface area (Å²) in [5.74, 6) is -2.57. The number of aliphatic carboxylic acids is 1. The third-order valence-electron chi connectivity index (χ3n) is 3.56. The molecule has 2 amide bonds. The van der Waals surface area contributed by atoms with Crippen molar-refractivity contribution in [3.05, 3.63) is 81.5 Å². The van der Waals surface area contributed by atoms with Crippen LogP contribution in [0.1, 0.15) is 22.3 Å². The molecule has 0 radical (unpaired) electrons. The lowest BCUT2D eigenvalue weighted by Crippen LogP contribution is -2.37. The molecule has 0 bridgehead atoms. The van der Waals surface area contributed by atoms with Crippen LogP contribution in [0.2, 0.25) is 0 Å². The SMILES string of the molecule is O=C([O-])CCNC(=O)/C(=C/c1ccc([N+](=O)[O-])cc1)NC(=O)c1ccccc1. The molecule has 0 unspecified atom stereocenters. The minimum atomic E-state index is -1.32. The molecule has 0 fully saturated rings. The van der Waals surface area contributed by atoms with Crippen molar-refractivity contribution >= 4 is 29.5 Å². The second-order valence-corrected chi connectivity index (χ2v) is 5.60. The van der Waals surface area contributed by atoms with Crippen LogP contribution in [0.4, 0.5) is 5.69 Å². The van der Waals surface area contributed by atoms with Gasteiger partial charge in [0.1, 0.15) is 5.70 Å². The van der Waals surface area contributed by atoms with Crippen LogP contribution in [0.5, 0.6) is 0 Å². The molecule has 0 saturated heterocycles. The Morgan fingerprint density at radius 2 is 1.64 bits per heavy atom. The van der Waals surface area contributed by atoms with E-state index in [0.29, 0.717) is 11.1 Å². The number of carbonyl (C=O) groups excluding carboxylic acids is 3. The number of hydrogen-bond donors (Lipinski definition) is 2. The third-order valence-corrected chi connectivity index (χ3v) is 3.56.